The van der Waals surface area contributed by atoms with Gasteiger partial charge in [0.1, 0.15) is 33.7 Å². The molecule has 1 aliphatic rings. The van der Waals surface area contributed by atoms with Crippen LogP contribution >= 0.6 is 23.2 Å². The van der Waals surface area contributed by atoms with Crippen LogP contribution in [0.1, 0.15) is 32.0 Å². The molecule has 0 atom stereocenters. The Bertz CT molecular complexity index is 1790. The number of ether oxygens (including phenoxy) is 3. The van der Waals surface area contributed by atoms with Gasteiger partial charge in [-0.05, 0) is 32.9 Å². The molecule has 0 spiro atoms. The third-order valence-corrected chi connectivity index (χ3v) is 7.00. The summed E-state index contributed by atoms with van der Waals surface area (Å²) in [6, 6.07) is 3.22. The highest BCUT2D eigenvalue weighted by atomic mass is 35.5. The molecule has 0 radical (unpaired) electrons. The lowest BCUT2D eigenvalue weighted by Gasteiger charge is -2.39. The first kappa shape index (κ1) is 31.9. The Kier molecular flexibility index (Phi) is 8.60. The number of nitrogens with two attached hydrogens (primary N) is 1. The number of carbonyl (C=O) groups excluding carboxylic acids is 1. The van der Waals surface area contributed by atoms with Gasteiger partial charge in [0.05, 0.1) is 24.8 Å². The maximum Gasteiger partial charge on any atom is 0.416 e. The lowest BCUT2D eigenvalue weighted by atomic mass is 10.1. The molecule has 1 fully saturated rings. The number of fused-ring (bicyclic) bond motifs is 1. The molecule has 1 aliphatic heterocycles. The molecule has 238 valence electrons. The van der Waals surface area contributed by atoms with Gasteiger partial charge in [-0.2, -0.15) is 18.2 Å². The minimum absolute atomic E-state index is 0.0415. The Morgan fingerprint density at radius 1 is 1.11 bits per heavy atom. The molecule has 12 nitrogen and oxygen atoms in total. The molecule has 1 amide bonds. The first-order valence-corrected chi connectivity index (χ1v) is 14.1. The van der Waals surface area contributed by atoms with Gasteiger partial charge in [0.15, 0.2) is 22.3 Å². The summed E-state index contributed by atoms with van der Waals surface area (Å²) in [6.45, 7) is 5.55. The van der Waals surface area contributed by atoms with Gasteiger partial charge in [-0.1, -0.05) is 23.2 Å². The highest BCUT2D eigenvalue weighted by molar-refractivity contribution is 6.36. The van der Waals surface area contributed by atoms with Crippen LogP contribution in [0.25, 0.3) is 16.9 Å². The number of nitrogens with one attached hydrogen (secondary N) is 1. The number of rotatable bonds is 7. The number of hydrogen-bond acceptors (Lipinski definition) is 10. The lowest BCUT2D eigenvalue weighted by molar-refractivity contribution is -0.137. The Balaban J connectivity index is 1.38. The van der Waals surface area contributed by atoms with Crippen LogP contribution in [-0.4, -0.2) is 60.3 Å². The van der Waals surface area contributed by atoms with Gasteiger partial charge in [0.25, 0.3) is 0 Å². The summed E-state index contributed by atoms with van der Waals surface area (Å²) in [4.78, 5) is 30.4. The van der Waals surface area contributed by atoms with E-state index in [-0.39, 0.29) is 63.5 Å². The van der Waals surface area contributed by atoms with Crippen molar-refractivity contribution in [2.45, 2.75) is 38.7 Å². The minimum Gasteiger partial charge on any atom is -0.487 e. The van der Waals surface area contributed by atoms with Crippen molar-refractivity contribution in [1.82, 2.24) is 29.4 Å². The van der Waals surface area contributed by atoms with E-state index in [0.717, 1.165) is 18.3 Å². The molecule has 0 bridgehead atoms. The van der Waals surface area contributed by atoms with Crippen molar-refractivity contribution >= 4 is 57.9 Å². The van der Waals surface area contributed by atoms with Gasteiger partial charge < -0.3 is 34.7 Å². The SMILES string of the molecule is Cn1c(Nc2cc(OC3CN(C(=O)OC(C)(C)C)C3)cc(C(F)(F)F)c2)nc2ncc(OC(=CN)c3nccnc3Cl)c(Cl)c21. The number of pyridine rings is 1. The first-order chi connectivity index (χ1) is 21.1. The van der Waals surface area contributed by atoms with E-state index in [1.165, 1.54) is 34.1 Å². The van der Waals surface area contributed by atoms with Gasteiger partial charge in [0, 0.05) is 37.4 Å². The van der Waals surface area contributed by atoms with Crippen LogP contribution in [0.15, 0.2) is 43.0 Å². The Labute approximate surface area is 264 Å². The summed E-state index contributed by atoms with van der Waals surface area (Å²) >= 11 is 12.8. The van der Waals surface area contributed by atoms with Crippen molar-refractivity contribution in [3.8, 4) is 11.5 Å². The number of hydrogen-bond donors (Lipinski definition) is 2. The van der Waals surface area contributed by atoms with Crippen LogP contribution in [0.2, 0.25) is 10.2 Å². The Morgan fingerprint density at radius 2 is 1.82 bits per heavy atom. The molecule has 5 rings (SSSR count). The average molecular weight is 667 g/mol. The molecule has 45 heavy (non-hydrogen) atoms. The number of carbonyl (C=O) groups is 1. The zero-order chi connectivity index (χ0) is 32.7. The van der Waals surface area contributed by atoms with Crippen molar-refractivity contribution in [2.24, 2.45) is 12.8 Å². The normalized spacial score (nSPS) is 14.3. The standard InChI is InChI=1S/C28H27Cl2F3N8O4/c1-27(2,3)45-26(42)41-12-17(13-41)43-16-8-14(28(31,32)33)7-15(9-16)38-25-39-24-22(40(25)4)20(29)19(11-37-24)44-18(10-34)21-23(30)36-6-5-35-21/h5-11,17H,12-13,34H2,1-4H3,(H,37,38,39). The van der Waals surface area contributed by atoms with Crippen LogP contribution in [0, 0.1) is 0 Å². The third kappa shape index (κ3) is 7.09. The number of anilines is 2. The summed E-state index contributed by atoms with van der Waals surface area (Å²) in [6.07, 6.45) is -0.451. The van der Waals surface area contributed by atoms with Crippen molar-refractivity contribution < 1.29 is 32.2 Å². The average Bonchev–Trinajstić information content (AvgIpc) is 3.24. The van der Waals surface area contributed by atoms with E-state index in [9.17, 15) is 18.0 Å². The number of aromatic nitrogens is 5. The summed E-state index contributed by atoms with van der Waals surface area (Å²) in [5.74, 6) is 0.241. The number of halogens is 5. The van der Waals surface area contributed by atoms with Crippen molar-refractivity contribution in [3.63, 3.8) is 0 Å². The highest BCUT2D eigenvalue weighted by Crippen LogP contribution is 2.38. The first-order valence-electron chi connectivity index (χ1n) is 13.3. The van der Waals surface area contributed by atoms with E-state index in [4.69, 9.17) is 43.1 Å². The van der Waals surface area contributed by atoms with E-state index in [1.807, 2.05) is 0 Å². The molecule has 1 saturated heterocycles. The number of nitrogens with zero attached hydrogens (tertiary/aromatic N) is 6. The maximum atomic E-state index is 13.8. The monoisotopic (exact) mass is 666 g/mol. The topological polar surface area (TPSA) is 143 Å². The molecule has 1 aromatic carbocycles. The van der Waals surface area contributed by atoms with Crippen molar-refractivity contribution in [2.75, 3.05) is 18.4 Å². The molecule has 3 N–H and O–H groups in total. The predicted octanol–water partition coefficient (Wildman–Crippen LogP) is 6.16. The number of amides is 1. The molecule has 0 aliphatic carbocycles. The van der Waals surface area contributed by atoms with Gasteiger partial charge in [0.2, 0.25) is 5.95 Å². The quantitative estimate of drug-likeness (QED) is 0.220. The van der Waals surface area contributed by atoms with Gasteiger partial charge >= 0.3 is 12.3 Å². The van der Waals surface area contributed by atoms with E-state index in [0.29, 0.717) is 5.52 Å². The van der Waals surface area contributed by atoms with E-state index < -0.39 is 29.5 Å². The Hall–Kier alpha value is -4.50. The van der Waals surface area contributed by atoms with Crippen LogP contribution < -0.4 is 20.5 Å². The van der Waals surface area contributed by atoms with Crippen LogP contribution in [0.4, 0.5) is 29.6 Å². The number of alkyl halides is 3. The zero-order valence-electron chi connectivity index (χ0n) is 24.3. The van der Waals surface area contributed by atoms with E-state index in [2.05, 4.69) is 25.3 Å². The summed E-state index contributed by atoms with van der Waals surface area (Å²) in [7, 11) is 1.60. The predicted molar refractivity (Wildman–Crippen MR) is 160 cm³/mol. The molecule has 0 unspecified atom stereocenters. The van der Waals surface area contributed by atoms with Crippen LogP contribution in [0.5, 0.6) is 11.5 Å². The number of likely N-dealkylation sites (tertiary alicyclic amines) is 1. The lowest BCUT2D eigenvalue weighted by Crippen LogP contribution is -2.57. The van der Waals surface area contributed by atoms with Gasteiger partial charge in [-0.25, -0.2) is 19.7 Å². The summed E-state index contributed by atoms with van der Waals surface area (Å²) in [5, 5.41) is 3.03. The second-order valence-corrected chi connectivity index (χ2v) is 11.7. The van der Waals surface area contributed by atoms with Crippen molar-refractivity contribution in [3.05, 3.63) is 64.4 Å². The smallest absolute Gasteiger partial charge is 0.416 e. The molecule has 3 aromatic heterocycles. The van der Waals surface area contributed by atoms with Crippen LogP contribution in [-0.2, 0) is 18.0 Å². The second kappa shape index (κ2) is 12.1. The molecular weight excluding hydrogens is 640 g/mol. The fraction of sp³-hybridized carbons (Fsp3) is 0.321. The number of imidazole rings is 1. The van der Waals surface area contributed by atoms with Gasteiger partial charge in [-0.3, -0.25) is 0 Å². The summed E-state index contributed by atoms with van der Waals surface area (Å²) in [5.41, 5.74) is 4.83. The minimum atomic E-state index is -4.67. The molecular formula is C28H27Cl2F3N8O4. The largest absolute Gasteiger partial charge is 0.487 e. The third-order valence-electron chi connectivity index (χ3n) is 6.36. The molecule has 4 aromatic rings. The van der Waals surface area contributed by atoms with E-state index in [1.54, 1.807) is 27.8 Å². The highest BCUT2D eigenvalue weighted by Gasteiger charge is 2.36. The zero-order valence-corrected chi connectivity index (χ0v) is 25.8. The molecule has 17 heteroatoms. The van der Waals surface area contributed by atoms with Crippen LogP contribution in [0.3, 0.4) is 0 Å². The Morgan fingerprint density at radius 3 is 2.47 bits per heavy atom. The number of aryl methyl sites for hydroxylation is 1. The molecule has 0 saturated carbocycles. The summed E-state index contributed by atoms with van der Waals surface area (Å²) < 4.78 is 59.9. The van der Waals surface area contributed by atoms with Gasteiger partial charge in [-0.15, -0.1) is 0 Å². The van der Waals surface area contributed by atoms with E-state index >= 15 is 0 Å². The fourth-order valence-electron chi connectivity index (χ4n) is 4.27. The second-order valence-electron chi connectivity index (χ2n) is 10.9. The maximum absolute atomic E-state index is 13.8. The fourth-order valence-corrected chi connectivity index (χ4v) is 4.77. The molecule has 4 heterocycles. The number of benzene rings is 1. The van der Waals surface area contributed by atoms with Crippen molar-refractivity contribution in [1.29, 1.82) is 0 Å².